The Morgan fingerprint density at radius 3 is 2.55 bits per heavy atom. The van der Waals surface area contributed by atoms with Gasteiger partial charge in [-0.25, -0.2) is 0 Å². The van der Waals surface area contributed by atoms with Gasteiger partial charge in [0.25, 0.3) is 5.91 Å². The molecule has 118 valence electrons. The fraction of sp³-hybridized carbons (Fsp3) is 0.357. The Hall–Kier alpha value is -1.86. The third-order valence-corrected chi connectivity index (χ3v) is 4.03. The number of nitrogens with one attached hydrogen (secondary N) is 1. The number of methoxy groups -OCH3 is 2. The van der Waals surface area contributed by atoms with Crippen molar-refractivity contribution in [2.24, 2.45) is 0 Å². The molecule has 1 N–H and O–H groups in total. The summed E-state index contributed by atoms with van der Waals surface area (Å²) in [4.78, 5) is 12.4. The van der Waals surface area contributed by atoms with Gasteiger partial charge in [0.15, 0.2) is 0 Å². The number of aryl methyl sites for hydroxylation is 1. The lowest BCUT2D eigenvalue weighted by Crippen LogP contribution is -2.14. The van der Waals surface area contributed by atoms with Crippen molar-refractivity contribution in [1.29, 1.82) is 0 Å². The molecule has 0 aliphatic heterocycles. The largest absolute Gasteiger partial charge is 0.496 e. The highest BCUT2D eigenvalue weighted by Crippen LogP contribution is 2.29. The second-order valence-corrected chi connectivity index (χ2v) is 5.73. The maximum Gasteiger partial charge on any atom is 0.265 e. The summed E-state index contributed by atoms with van der Waals surface area (Å²) in [7, 11) is 3.00. The summed E-state index contributed by atoms with van der Waals surface area (Å²) in [6, 6.07) is 5.15. The van der Waals surface area contributed by atoms with E-state index in [2.05, 4.69) is 15.5 Å². The van der Waals surface area contributed by atoms with Gasteiger partial charge in [0.05, 0.1) is 14.2 Å². The van der Waals surface area contributed by atoms with Gasteiger partial charge in [-0.05, 0) is 18.6 Å². The number of rotatable bonds is 7. The van der Waals surface area contributed by atoms with Gasteiger partial charge < -0.3 is 9.47 Å². The number of halogens is 1. The number of hydrogen-bond acceptors (Lipinski definition) is 6. The lowest BCUT2D eigenvalue weighted by atomic mass is 10.1. The highest BCUT2D eigenvalue weighted by atomic mass is 35.5. The van der Waals surface area contributed by atoms with Gasteiger partial charge in [-0.3, -0.25) is 10.1 Å². The number of amides is 1. The van der Waals surface area contributed by atoms with E-state index >= 15 is 0 Å². The minimum Gasteiger partial charge on any atom is -0.496 e. The van der Waals surface area contributed by atoms with Gasteiger partial charge in [-0.15, -0.1) is 21.8 Å². The Morgan fingerprint density at radius 1 is 1.27 bits per heavy atom. The molecule has 1 aromatic heterocycles. The molecular weight excluding hydrogens is 326 g/mol. The Balaban J connectivity index is 2.17. The zero-order chi connectivity index (χ0) is 15.9. The number of benzene rings is 1. The molecule has 0 unspecified atom stereocenters. The molecule has 2 aromatic rings. The minimum absolute atomic E-state index is 0.324. The molecule has 0 saturated carbocycles. The summed E-state index contributed by atoms with van der Waals surface area (Å²) in [6.07, 6.45) is 1.57. The Morgan fingerprint density at radius 2 is 1.95 bits per heavy atom. The van der Waals surface area contributed by atoms with Crippen molar-refractivity contribution in [2.45, 2.75) is 12.8 Å². The molecule has 0 bridgehead atoms. The van der Waals surface area contributed by atoms with Crippen LogP contribution in [0.3, 0.4) is 0 Å². The van der Waals surface area contributed by atoms with E-state index in [0.717, 1.165) is 17.8 Å². The summed E-state index contributed by atoms with van der Waals surface area (Å²) in [5.74, 6) is 1.08. The summed E-state index contributed by atoms with van der Waals surface area (Å²) in [5, 5.41) is 12.0. The summed E-state index contributed by atoms with van der Waals surface area (Å²) < 4.78 is 10.4. The van der Waals surface area contributed by atoms with E-state index < -0.39 is 0 Å². The molecule has 2 rings (SSSR count). The molecule has 0 aliphatic rings. The fourth-order valence-corrected chi connectivity index (χ4v) is 2.77. The lowest BCUT2D eigenvalue weighted by Gasteiger charge is -2.11. The van der Waals surface area contributed by atoms with E-state index in [-0.39, 0.29) is 5.91 Å². The molecule has 1 heterocycles. The molecular formula is C14H16ClN3O3S. The third-order valence-electron chi connectivity index (χ3n) is 2.87. The van der Waals surface area contributed by atoms with Crippen molar-refractivity contribution < 1.29 is 14.3 Å². The number of nitrogens with zero attached hydrogens (tertiary/aromatic N) is 2. The van der Waals surface area contributed by atoms with Gasteiger partial charge >= 0.3 is 0 Å². The first-order valence-corrected chi connectivity index (χ1v) is 7.95. The van der Waals surface area contributed by atoms with Gasteiger partial charge in [-0.2, -0.15) is 0 Å². The molecule has 0 atom stereocenters. The van der Waals surface area contributed by atoms with E-state index in [4.69, 9.17) is 21.1 Å². The Labute approximate surface area is 137 Å². The van der Waals surface area contributed by atoms with Crippen LogP contribution in [0, 0.1) is 0 Å². The number of alkyl halides is 1. The number of anilines is 1. The summed E-state index contributed by atoms with van der Waals surface area (Å²) in [6.45, 7) is 0. The third kappa shape index (κ3) is 3.86. The number of ether oxygens (including phenoxy) is 2. The molecule has 0 saturated heterocycles. The van der Waals surface area contributed by atoms with E-state index in [1.165, 1.54) is 25.6 Å². The van der Waals surface area contributed by atoms with E-state index in [1.807, 2.05) is 0 Å². The predicted octanol–water partition coefficient (Wildman–Crippen LogP) is 2.98. The average Bonchev–Trinajstić information content (AvgIpc) is 2.99. The molecule has 0 radical (unpaired) electrons. The van der Waals surface area contributed by atoms with Gasteiger partial charge in [0.2, 0.25) is 5.13 Å². The second kappa shape index (κ2) is 7.95. The molecule has 1 aromatic carbocycles. The topological polar surface area (TPSA) is 73.3 Å². The Bertz CT molecular complexity index is 626. The van der Waals surface area contributed by atoms with Crippen LogP contribution < -0.4 is 14.8 Å². The van der Waals surface area contributed by atoms with Crippen LogP contribution in [-0.4, -0.2) is 36.2 Å². The van der Waals surface area contributed by atoms with Crippen molar-refractivity contribution in [3.05, 3.63) is 28.8 Å². The summed E-state index contributed by atoms with van der Waals surface area (Å²) >= 11 is 6.98. The van der Waals surface area contributed by atoms with E-state index in [0.29, 0.717) is 28.1 Å². The van der Waals surface area contributed by atoms with Crippen LogP contribution in [0.1, 0.15) is 21.8 Å². The van der Waals surface area contributed by atoms with Gasteiger partial charge in [0.1, 0.15) is 22.1 Å². The van der Waals surface area contributed by atoms with Gasteiger partial charge in [-0.1, -0.05) is 17.4 Å². The van der Waals surface area contributed by atoms with Crippen molar-refractivity contribution in [1.82, 2.24) is 10.2 Å². The molecule has 0 fully saturated rings. The summed E-state index contributed by atoms with van der Waals surface area (Å²) in [5.41, 5.74) is 0.324. The number of carbonyl (C=O) groups is 1. The second-order valence-electron chi connectivity index (χ2n) is 4.29. The Kier molecular flexibility index (Phi) is 5.97. The van der Waals surface area contributed by atoms with Crippen molar-refractivity contribution in [3.8, 4) is 11.5 Å². The van der Waals surface area contributed by atoms with E-state index in [9.17, 15) is 4.79 Å². The molecule has 8 heteroatoms. The first kappa shape index (κ1) is 16.5. The van der Waals surface area contributed by atoms with Crippen molar-refractivity contribution in [2.75, 3.05) is 25.4 Å². The normalized spacial score (nSPS) is 10.3. The monoisotopic (exact) mass is 341 g/mol. The first-order valence-electron chi connectivity index (χ1n) is 6.60. The van der Waals surface area contributed by atoms with Crippen LogP contribution in [0.15, 0.2) is 18.2 Å². The zero-order valence-corrected chi connectivity index (χ0v) is 13.8. The molecule has 1 amide bonds. The van der Waals surface area contributed by atoms with Crippen LogP contribution in [0.25, 0.3) is 0 Å². The van der Waals surface area contributed by atoms with Crippen LogP contribution >= 0.6 is 22.9 Å². The van der Waals surface area contributed by atoms with Crippen LogP contribution in [0.2, 0.25) is 0 Å². The van der Waals surface area contributed by atoms with E-state index in [1.54, 1.807) is 18.2 Å². The minimum atomic E-state index is -0.352. The van der Waals surface area contributed by atoms with Crippen LogP contribution in [-0.2, 0) is 6.42 Å². The standard InChI is InChI=1S/C14H16ClN3O3S/c1-20-9-5-3-6-10(21-2)12(9)13(19)16-14-18-17-11(22-14)7-4-8-15/h3,5-6H,4,7-8H2,1-2H3,(H,16,18,19). The number of carbonyl (C=O) groups excluding carboxylic acids is 1. The average molecular weight is 342 g/mol. The number of aromatic nitrogens is 2. The molecule has 0 aliphatic carbocycles. The van der Waals surface area contributed by atoms with Crippen LogP contribution in [0.5, 0.6) is 11.5 Å². The molecule has 0 spiro atoms. The van der Waals surface area contributed by atoms with Crippen LogP contribution in [0.4, 0.5) is 5.13 Å². The maximum atomic E-state index is 12.4. The smallest absolute Gasteiger partial charge is 0.265 e. The van der Waals surface area contributed by atoms with Crippen molar-refractivity contribution in [3.63, 3.8) is 0 Å². The predicted molar refractivity (Wildman–Crippen MR) is 86.4 cm³/mol. The molecule has 22 heavy (non-hydrogen) atoms. The zero-order valence-electron chi connectivity index (χ0n) is 12.3. The fourth-order valence-electron chi connectivity index (χ4n) is 1.86. The molecule has 6 nitrogen and oxygen atoms in total. The number of hydrogen-bond donors (Lipinski definition) is 1. The quantitative estimate of drug-likeness (QED) is 0.784. The highest BCUT2D eigenvalue weighted by Gasteiger charge is 2.19. The first-order chi connectivity index (χ1) is 10.7. The lowest BCUT2D eigenvalue weighted by molar-refractivity contribution is 0.102. The highest BCUT2D eigenvalue weighted by molar-refractivity contribution is 7.15. The maximum absolute atomic E-state index is 12.4. The van der Waals surface area contributed by atoms with Gasteiger partial charge in [0, 0.05) is 12.3 Å². The van der Waals surface area contributed by atoms with Crippen molar-refractivity contribution >= 4 is 34.0 Å². The SMILES string of the molecule is COc1cccc(OC)c1C(=O)Nc1nnc(CCCCl)s1.